The third kappa shape index (κ3) is 5.48. The highest BCUT2D eigenvalue weighted by molar-refractivity contribution is 9.10. The molecule has 0 bridgehead atoms. The van der Waals surface area contributed by atoms with Crippen molar-refractivity contribution < 1.29 is 36.6 Å². The van der Waals surface area contributed by atoms with Gasteiger partial charge in [0.15, 0.2) is 0 Å². The van der Waals surface area contributed by atoms with Gasteiger partial charge in [0.2, 0.25) is 5.95 Å². The van der Waals surface area contributed by atoms with Crippen molar-refractivity contribution in [3.63, 3.8) is 0 Å². The van der Waals surface area contributed by atoms with Crippen LogP contribution in [0, 0.1) is 0 Å². The van der Waals surface area contributed by atoms with Gasteiger partial charge in [-0.25, -0.2) is 9.78 Å². The lowest BCUT2D eigenvalue weighted by atomic mass is 10.2. The van der Waals surface area contributed by atoms with Crippen molar-refractivity contribution in [2.24, 2.45) is 0 Å². The number of nitrogens with one attached hydrogen (secondary N) is 2. The van der Waals surface area contributed by atoms with E-state index >= 15 is 0 Å². The molecule has 5 rings (SSSR count). The molecular formula is C25H17BrF3N3O5. The minimum absolute atomic E-state index is 0.00766. The number of aromatic nitrogens is 2. The molecule has 5 aromatic rings. The van der Waals surface area contributed by atoms with Crippen LogP contribution < -0.4 is 14.8 Å². The zero-order valence-electron chi connectivity index (χ0n) is 19.0. The normalized spacial score (nSPS) is 11.6. The standard InChI is InChI=1S/C25H17BrF3N3O5/c1-2-34-24(33)37-21-10-13-9-17(7-8-20(13)36-21)35-16-5-3-15(4-6-16)30-23-31-19-12-14(25(27,28)29)11-18(26)22(19)32-23/h3-12H,2H2,1H3,(H2,30,31,32). The summed E-state index contributed by atoms with van der Waals surface area (Å²) in [5.74, 6) is 1.36. The number of anilines is 2. The molecule has 12 heteroatoms. The van der Waals surface area contributed by atoms with Crippen LogP contribution in [0.15, 0.2) is 69.6 Å². The first-order valence-electron chi connectivity index (χ1n) is 10.9. The molecule has 0 radical (unpaired) electrons. The van der Waals surface area contributed by atoms with Crippen LogP contribution in [0.4, 0.5) is 29.6 Å². The molecule has 0 aliphatic heterocycles. The number of rotatable bonds is 6. The molecule has 0 fully saturated rings. The first kappa shape index (κ1) is 24.5. The molecule has 37 heavy (non-hydrogen) atoms. The summed E-state index contributed by atoms with van der Waals surface area (Å²) in [6, 6.07) is 15.6. The number of hydrogen-bond donors (Lipinski definition) is 2. The minimum atomic E-state index is -4.47. The summed E-state index contributed by atoms with van der Waals surface area (Å²) in [6.45, 7) is 1.85. The van der Waals surface area contributed by atoms with Gasteiger partial charge in [-0.2, -0.15) is 13.2 Å². The van der Waals surface area contributed by atoms with Crippen molar-refractivity contribution in [1.82, 2.24) is 9.97 Å². The third-order valence-electron chi connectivity index (χ3n) is 5.13. The molecule has 2 aromatic heterocycles. The van der Waals surface area contributed by atoms with Crippen LogP contribution in [0.2, 0.25) is 0 Å². The number of ether oxygens (including phenoxy) is 3. The molecule has 2 N–H and O–H groups in total. The van der Waals surface area contributed by atoms with Gasteiger partial charge in [-0.15, -0.1) is 0 Å². The average molecular weight is 576 g/mol. The van der Waals surface area contributed by atoms with Crippen molar-refractivity contribution in [1.29, 1.82) is 0 Å². The summed E-state index contributed by atoms with van der Waals surface area (Å²) in [6.07, 6.45) is -5.32. The molecule has 0 unspecified atom stereocenters. The summed E-state index contributed by atoms with van der Waals surface area (Å²) in [7, 11) is 0. The fourth-order valence-corrected chi connectivity index (χ4v) is 4.07. The smallest absolute Gasteiger partial charge is 0.457 e. The fraction of sp³-hybridized carbons (Fsp3) is 0.120. The van der Waals surface area contributed by atoms with E-state index < -0.39 is 17.9 Å². The second kappa shape index (κ2) is 9.69. The number of halogens is 4. The summed E-state index contributed by atoms with van der Waals surface area (Å²) in [4.78, 5) is 18.6. The number of hydrogen-bond acceptors (Lipinski definition) is 7. The SMILES string of the molecule is CCOC(=O)Oc1cc2cc(Oc3ccc(Nc4nc5c(Br)cc(C(F)(F)F)cc5[nH]4)cc3)ccc2o1. The van der Waals surface area contributed by atoms with Crippen molar-refractivity contribution in [3.8, 4) is 17.4 Å². The lowest BCUT2D eigenvalue weighted by Crippen LogP contribution is -2.09. The predicted molar refractivity (Wildman–Crippen MR) is 132 cm³/mol. The van der Waals surface area contributed by atoms with E-state index in [4.69, 9.17) is 18.6 Å². The van der Waals surface area contributed by atoms with E-state index in [-0.39, 0.29) is 28.5 Å². The highest BCUT2D eigenvalue weighted by Crippen LogP contribution is 2.36. The van der Waals surface area contributed by atoms with Gasteiger partial charge >= 0.3 is 12.3 Å². The monoisotopic (exact) mass is 575 g/mol. The molecular weight excluding hydrogens is 559 g/mol. The predicted octanol–water partition coefficient (Wildman–Crippen LogP) is 8.16. The minimum Gasteiger partial charge on any atom is -0.457 e. The number of aromatic amines is 1. The number of fused-ring (bicyclic) bond motifs is 2. The van der Waals surface area contributed by atoms with Crippen molar-refractivity contribution >= 4 is 55.7 Å². The zero-order valence-corrected chi connectivity index (χ0v) is 20.6. The van der Waals surface area contributed by atoms with E-state index in [0.29, 0.717) is 33.7 Å². The number of nitrogens with zero attached hydrogens (tertiary/aromatic N) is 1. The quantitative estimate of drug-likeness (QED) is 0.197. The first-order chi connectivity index (χ1) is 17.7. The van der Waals surface area contributed by atoms with E-state index in [0.717, 1.165) is 12.1 Å². The molecule has 0 atom stereocenters. The molecule has 0 aliphatic rings. The maximum absolute atomic E-state index is 13.1. The van der Waals surface area contributed by atoms with Gasteiger partial charge in [0.05, 0.1) is 17.7 Å². The van der Waals surface area contributed by atoms with Crippen molar-refractivity contribution in [3.05, 3.63) is 70.7 Å². The number of H-pyrrole nitrogens is 1. The molecule has 190 valence electrons. The lowest BCUT2D eigenvalue weighted by molar-refractivity contribution is -0.137. The van der Waals surface area contributed by atoms with Crippen LogP contribution in [-0.4, -0.2) is 22.7 Å². The van der Waals surface area contributed by atoms with E-state index in [9.17, 15) is 18.0 Å². The summed E-state index contributed by atoms with van der Waals surface area (Å²) in [5.41, 5.74) is 0.992. The van der Waals surface area contributed by atoms with Gasteiger partial charge in [0.1, 0.15) is 22.6 Å². The van der Waals surface area contributed by atoms with Gasteiger partial charge in [0.25, 0.3) is 5.95 Å². The van der Waals surface area contributed by atoms with Gasteiger partial charge < -0.3 is 28.9 Å². The van der Waals surface area contributed by atoms with Gasteiger partial charge in [-0.3, -0.25) is 0 Å². The number of carbonyl (C=O) groups excluding carboxylic acids is 1. The molecule has 0 saturated heterocycles. The first-order valence-corrected chi connectivity index (χ1v) is 11.7. The van der Waals surface area contributed by atoms with Crippen LogP contribution in [0.5, 0.6) is 17.4 Å². The van der Waals surface area contributed by atoms with Gasteiger partial charge in [-0.1, -0.05) is 0 Å². The number of carbonyl (C=O) groups is 1. The maximum Gasteiger partial charge on any atom is 0.516 e. The Morgan fingerprint density at radius 1 is 1.08 bits per heavy atom. The maximum atomic E-state index is 13.1. The van der Waals surface area contributed by atoms with E-state index in [1.807, 2.05) is 0 Å². The second-order valence-electron chi connectivity index (χ2n) is 7.74. The molecule has 0 amide bonds. The highest BCUT2D eigenvalue weighted by Gasteiger charge is 2.31. The Labute approximate surface area is 215 Å². The van der Waals surface area contributed by atoms with Crippen LogP contribution in [0.1, 0.15) is 12.5 Å². The zero-order chi connectivity index (χ0) is 26.2. The second-order valence-corrected chi connectivity index (χ2v) is 8.59. The van der Waals surface area contributed by atoms with Crippen LogP contribution in [0.3, 0.4) is 0 Å². The number of benzene rings is 3. The van der Waals surface area contributed by atoms with E-state index in [1.165, 1.54) is 0 Å². The molecule has 0 spiro atoms. The van der Waals surface area contributed by atoms with Crippen molar-refractivity contribution in [2.75, 3.05) is 11.9 Å². The Balaban J connectivity index is 1.28. The molecule has 0 saturated carbocycles. The summed E-state index contributed by atoms with van der Waals surface area (Å²) in [5, 5.41) is 3.70. The highest BCUT2D eigenvalue weighted by atomic mass is 79.9. The molecule has 2 heterocycles. The molecule has 3 aromatic carbocycles. The Morgan fingerprint density at radius 2 is 1.84 bits per heavy atom. The number of alkyl halides is 3. The fourth-order valence-electron chi connectivity index (χ4n) is 3.52. The Kier molecular flexibility index (Phi) is 6.42. The van der Waals surface area contributed by atoms with Crippen LogP contribution >= 0.6 is 15.9 Å². The Bertz CT molecular complexity index is 1600. The van der Waals surface area contributed by atoms with E-state index in [1.54, 1.807) is 55.5 Å². The Hall–Kier alpha value is -4.19. The number of furan rings is 1. The summed E-state index contributed by atoms with van der Waals surface area (Å²) < 4.78 is 60.5. The number of imidazole rings is 1. The summed E-state index contributed by atoms with van der Waals surface area (Å²) >= 11 is 3.15. The Morgan fingerprint density at radius 3 is 2.57 bits per heavy atom. The van der Waals surface area contributed by atoms with Gasteiger partial charge in [-0.05, 0) is 77.5 Å². The van der Waals surface area contributed by atoms with Crippen LogP contribution in [-0.2, 0) is 10.9 Å². The average Bonchev–Trinajstić information content (AvgIpc) is 3.43. The topological polar surface area (TPSA) is 98.6 Å². The third-order valence-corrected chi connectivity index (χ3v) is 5.74. The van der Waals surface area contributed by atoms with Crippen LogP contribution in [0.25, 0.3) is 22.0 Å². The molecule has 8 nitrogen and oxygen atoms in total. The lowest BCUT2D eigenvalue weighted by Gasteiger charge is -2.07. The van der Waals surface area contributed by atoms with E-state index in [2.05, 4.69) is 31.2 Å². The van der Waals surface area contributed by atoms with Gasteiger partial charge in [0, 0.05) is 21.6 Å². The molecule has 0 aliphatic carbocycles. The largest absolute Gasteiger partial charge is 0.516 e. The van der Waals surface area contributed by atoms with Crippen molar-refractivity contribution in [2.45, 2.75) is 13.1 Å².